The minimum absolute atomic E-state index is 0.172. The molecule has 1 aromatic carbocycles. The predicted octanol–water partition coefficient (Wildman–Crippen LogP) is 5.67. The molecule has 3 rings (SSSR count). The Bertz CT molecular complexity index is 861. The highest BCUT2D eigenvalue weighted by atomic mass is 32.1. The monoisotopic (exact) mass is 443 g/mol. The normalized spacial score (nSPS) is 17.2. The summed E-state index contributed by atoms with van der Waals surface area (Å²) >= 11 is 1.48. The highest BCUT2D eigenvalue weighted by molar-refractivity contribution is 7.13. The first-order valence-electron chi connectivity index (χ1n) is 11.3. The van der Waals surface area contributed by atoms with E-state index in [4.69, 9.17) is 4.74 Å². The van der Waals surface area contributed by atoms with Gasteiger partial charge in [-0.05, 0) is 61.9 Å². The third-order valence-electron chi connectivity index (χ3n) is 5.97. The van der Waals surface area contributed by atoms with Crippen LogP contribution in [0.3, 0.4) is 0 Å². The van der Waals surface area contributed by atoms with E-state index in [9.17, 15) is 14.7 Å². The molecular weight excluding hydrogens is 410 g/mol. The van der Waals surface area contributed by atoms with Crippen LogP contribution in [0.25, 0.3) is 0 Å². The number of nitrogens with zero attached hydrogens (tertiary/aromatic N) is 1. The van der Waals surface area contributed by atoms with Crippen molar-refractivity contribution in [2.75, 3.05) is 12.0 Å². The van der Waals surface area contributed by atoms with Crippen LogP contribution in [0.5, 0.6) is 0 Å². The zero-order valence-electron chi connectivity index (χ0n) is 18.5. The van der Waals surface area contributed by atoms with Crippen molar-refractivity contribution >= 4 is 28.9 Å². The van der Waals surface area contributed by atoms with Gasteiger partial charge in [0, 0.05) is 23.0 Å². The van der Waals surface area contributed by atoms with Gasteiger partial charge in [-0.15, -0.1) is 11.3 Å². The van der Waals surface area contributed by atoms with E-state index < -0.39 is 6.10 Å². The van der Waals surface area contributed by atoms with E-state index in [0.29, 0.717) is 11.3 Å². The fourth-order valence-electron chi connectivity index (χ4n) is 4.22. The van der Waals surface area contributed by atoms with Crippen LogP contribution in [0.2, 0.25) is 0 Å². The summed E-state index contributed by atoms with van der Waals surface area (Å²) in [5.41, 5.74) is 1.84. The Kier molecular flexibility index (Phi) is 8.67. The number of benzene rings is 1. The lowest BCUT2D eigenvalue weighted by molar-refractivity contribution is -0.117. The van der Waals surface area contributed by atoms with E-state index in [1.807, 2.05) is 41.3 Å². The van der Waals surface area contributed by atoms with Crippen LogP contribution in [0, 0.1) is 0 Å². The lowest BCUT2D eigenvalue weighted by Crippen LogP contribution is -2.32. The third-order valence-corrected chi connectivity index (χ3v) is 7.10. The number of ether oxygens (including phenoxy) is 1. The smallest absolute Gasteiger partial charge is 0.348 e. The Balaban J connectivity index is 1.55. The van der Waals surface area contributed by atoms with Crippen molar-refractivity contribution < 1.29 is 19.4 Å². The van der Waals surface area contributed by atoms with Gasteiger partial charge in [0.25, 0.3) is 0 Å². The topological polar surface area (TPSA) is 66.8 Å². The van der Waals surface area contributed by atoms with E-state index in [1.165, 1.54) is 18.4 Å². The number of amides is 1. The van der Waals surface area contributed by atoms with Crippen molar-refractivity contribution in [1.29, 1.82) is 0 Å². The highest BCUT2D eigenvalue weighted by Crippen LogP contribution is 2.31. The molecule has 5 nitrogen and oxygen atoms in total. The van der Waals surface area contributed by atoms with Crippen LogP contribution >= 0.6 is 11.3 Å². The average molecular weight is 444 g/mol. The number of thiophene rings is 1. The van der Waals surface area contributed by atoms with Gasteiger partial charge in [-0.1, -0.05) is 38.3 Å². The molecule has 0 saturated carbocycles. The Labute approximate surface area is 189 Å². The molecule has 1 unspecified atom stereocenters. The molecule has 0 bridgehead atoms. The van der Waals surface area contributed by atoms with Gasteiger partial charge >= 0.3 is 5.97 Å². The molecule has 2 aromatic rings. The summed E-state index contributed by atoms with van der Waals surface area (Å²) in [6.45, 7) is 2.16. The van der Waals surface area contributed by atoms with Gasteiger partial charge in [0.05, 0.1) is 13.2 Å². The summed E-state index contributed by atoms with van der Waals surface area (Å²) in [6, 6.07) is 11.8. The second-order valence-corrected chi connectivity index (χ2v) is 9.38. The van der Waals surface area contributed by atoms with Crippen molar-refractivity contribution in [1.82, 2.24) is 0 Å². The molecule has 1 aliphatic rings. The lowest BCUT2D eigenvalue weighted by atomic mass is 10.0. The maximum atomic E-state index is 12.6. The summed E-state index contributed by atoms with van der Waals surface area (Å²) in [7, 11) is 1.40. The SMILES string of the molecule is CCCCC[C@@H](O)c1ccc(N2C(=O)CCC2CCCc2ccc(C(=O)OC)s2)cc1. The molecule has 0 spiro atoms. The van der Waals surface area contributed by atoms with Crippen molar-refractivity contribution in [3.05, 3.63) is 51.7 Å². The van der Waals surface area contributed by atoms with Crippen LogP contribution in [0.4, 0.5) is 5.69 Å². The quantitative estimate of drug-likeness (QED) is 0.359. The maximum absolute atomic E-state index is 12.6. The first-order valence-corrected chi connectivity index (χ1v) is 12.1. The lowest BCUT2D eigenvalue weighted by Gasteiger charge is -2.25. The number of carbonyl (C=O) groups excluding carboxylic acids is 2. The summed E-state index contributed by atoms with van der Waals surface area (Å²) < 4.78 is 4.77. The molecular formula is C25H33NO4S. The highest BCUT2D eigenvalue weighted by Gasteiger charge is 2.31. The first kappa shape index (κ1) is 23.5. The molecule has 1 N–H and O–H groups in total. The van der Waals surface area contributed by atoms with Gasteiger partial charge in [-0.2, -0.15) is 0 Å². The number of esters is 1. The number of hydrogen-bond donors (Lipinski definition) is 1. The molecule has 2 atom stereocenters. The molecule has 31 heavy (non-hydrogen) atoms. The molecule has 6 heteroatoms. The number of unbranched alkanes of at least 4 members (excludes halogenated alkanes) is 2. The Hall–Kier alpha value is -2.18. The van der Waals surface area contributed by atoms with Gasteiger partial charge in [-0.3, -0.25) is 4.79 Å². The van der Waals surface area contributed by atoms with Crippen molar-refractivity contribution in [2.45, 2.75) is 76.9 Å². The van der Waals surface area contributed by atoms with Crippen molar-refractivity contribution in [2.24, 2.45) is 0 Å². The predicted molar refractivity (Wildman–Crippen MR) is 125 cm³/mol. The molecule has 1 aromatic heterocycles. The number of anilines is 1. The van der Waals surface area contributed by atoms with E-state index in [1.54, 1.807) is 0 Å². The van der Waals surface area contributed by atoms with Gasteiger partial charge in [-0.25, -0.2) is 4.79 Å². The number of hydrogen-bond acceptors (Lipinski definition) is 5. The third kappa shape index (κ3) is 6.17. The number of aliphatic hydroxyl groups is 1. The number of rotatable bonds is 11. The van der Waals surface area contributed by atoms with E-state index in [2.05, 4.69) is 6.92 Å². The van der Waals surface area contributed by atoms with Gasteiger partial charge in [0.2, 0.25) is 5.91 Å². The van der Waals surface area contributed by atoms with Crippen LogP contribution < -0.4 is 4.90 Å². The van der Waals surface area contributed by atoms with E-state index >= 15 is 0 Å². The number of aliphatic hydroxyl groups excluding tert-OH is 1. The Morgan fingerprint density at radius 3 is 2.68 bits per heavy atom. The standard InChI is InChI=1S/C25H33NO4S/c1-3-4-5-9-22(27)18-10-12-20(13-11-18)26-19(14-17-24(26)28)7-6-8-21-15-16-23(31-21)25(29)30-2/h10-13,15-16,19,22,27H,3-9,14,17H2,1-2H3/t19?,22-/m1/s1. The van der Waals surface area contributed by atoms with Gasteiger partial charge in [0.15, 0.2) is 0 Å². The number of aryl methyl sites for hydroxylation is 1. The largest absolute Gasteiger partial charge is 0.465 e. The van der Waals surface area contributed by atoms with E-state index in [-0.39, 0.29) is 17.9 Å². The zero-order valence-corrected chi connectivity index (χ0v) is 19.3. The Morgan fingerprint density at radius 1 is 1.19 bits per heavy atom. The number of methoxy groups -OCH3 is 1. The average Bonchev–Trinajstić information content (AvgIpc) is 3.40. The van der Waals surface area contributed by atoms with Crippen LogP contribution in [0.1, 0.15) is 84.5 Å². The van der Waals surface area contributed by atoms with Crippen molar-refractivity contribution in [3.8, 4) is 0 Å². The van der Waals surface area contributed by atoms with Gasteiger partial charge in [0.1, 0.15) is 4.88 Å². The molecule has 1 amide bonds. The fourth-order valence-corrected chi connectivity index (χ4v) is 5.19. The second kappa shape index (κ2) is 11.4. The van der Waals surface area contributed by atoms with Crippen LogP contribution in [0.15, 0.2) is 36.4 Å². The number of carbonyl (C=O) groups is 2. The molecule has 1 aliphatic heterocycles. The molecule has 2 heterocycles. The minimum Gasteiger partial charge on any atom is -0.465 e. The van der Waals surface area contributed by atoms with E-state index in [0.717, 1.165) is 67.5 Å². The maximum Gasteiger partial charge on any atom is 0.348 e. The molecule has 0 radical (unpaired) electrons. The molecule has 1 saturated heterocycles. The molecule has 168 valence electrons. The molecule has 0 aliphatic carbocycles. The zero-order chi connectivity index (χ0) is 22.2. The summed E-state index contributed by atoms with van der Waals surface area (Å²) in [5, 5.41) is 10.4. The summed E-state index contributed by atoms with van der Waals surface area (Å²) in [4.78, 5) is 27.9. The van der Waals surface area contributed by atoms with Crippen LogP contribution in [-0.2, 0) is 16.0 Å². The summed E-state index contributed by atoms with van der Waals surface area (Å²) in [6.07, 6.45) is 7.88. The second-order valence-electron chi connectivity index (χ2n) is 8.21. The fraction of sp³-hybridized carbons (Fsp3) is 0.520. The van der Waals surface area contributed by atoms with Crippen molar-refractivity contribution in [3.63, 3.8) is 0 Å². The molecule has 1 fully saturated rings. The minimum atomic E-state index is -0.439. The van der Waals surface area contributed by atoms with Crippen LogP contribution in [-0.4, -0.2) is 30.1 Å². The first-order chi connectivity index (χ1) is 15.0. The summed E-state index contributed by atoms with van der Waals surface area (Å²) in [5.74, 6) is -0.118. The van der Waals surface area contributed by atoms with Gasteiger partial charge < -0.3 is 14.7 Å². The Morgan fingerprint density at radius 2 is 1.97 bits per heavy atom.